The van der Waals surface area contributed by atoms with Crippen molar-refractivity contribution in [1.29, 1.82) is 0 Å². The van der Waals surface area contributed by atoms with E-state index in [9.17, 15) is 9.59 Å². The van der Waals surface area contributed by atoms with E-state index in [2.05, 4.69) is 5.32 Å². The summed E-state index contributed by atoms with van der Waals surface area (Å²) in [5, 5.41) is 2.78. The van der Waals surface area contributed by atoms with Gasteiger partial charge in [0.1, 0.15) is 6.04 Å². The highest BCUT2D eigenvalue weighted by Gasteiger charge is 2.29. The second-order valence-corrected chi connectivity index (χ2v) is 4.87. The number of carbonyl (C=O) groups is 2. The third-order valence-corrected chi connectivity index (χ3v) is 3.39. The zero-order valence-electron chi connectivity index (χ0n) is 11.1. The van der Waals surface area contributed by atoms with Gasteiger partial charge in [0.05, 0.1) is 6.42 Å². The van der Waals surface area contributed by atoms with Crippen LogP contribution in [0.4, 0.5) is 0 Å². The second-order valence-electron chi connectivity index (χ2n) is 4.87. The predicted molar refractivity (Wildman–Crippen MR) is 72.2 cm³/mol. The SMILES string of the molecule is CN1CCC(NC(=O)Cc2ccc(CN)cc2)C1=O. The third-order valence-electron chi connectivity index (χ3n) is 3.39. The largest absolute Gasteiger partial charge is 0.344 e. The fourth-order valence-corrected chi connectivity index (χ4v) is 2.18. The Labute approximate surface area is 112 Å². The molecule has 0 spiro atoms. The number of likely N-dealkylation sites (N-methyl/N-ethyl adjacent to an activating group) is 1. The Kier molecular flexibility index (Phi) is 4.16. The second kappa shape index (κ2) is 5.84. The van der Waals surface area contributed by atoms with Crippen molar-refractivity contribution in [3.05, 3.63) is 35.4 Å². The molecule has 1 aliphatic heterocycles. The lowest BCUT2D eigenvalue weighted by molar-refractivity contribution is -0.131. The molecule has 1 aromatic rings. The maximum atomic E-state index is 11.9. The van der Waals surface area contributed by atoms with Crippen molar-refractivity contribution >= 4 is 11.8 Å². The van der Waals surface area contributed by atoms with Crippen LogP contribution in [0.15, 0.2) is 24.3 Å². The Bertz CT molecular complexity index is 470. The van der Waals surface area contributed by atoms with E-state index in [4.69, 9.17) is 5.73 Å². The van der Waals surface area contributed by atoms with Gasteiger partial charge in [0.25, 0.3) is 0 Å². The van der Waals surface area contributed by atoms with Crippen molar-refractivity contribution in [2.75, 3.05) is 13.6 Å². The van der Waals surface area contributed by atoms with Crippen molar-refractivity contribution in [3.8, 4) is 0 Å². The zero-order chi connectivity index (χ0) is 13.8. The van der Waals surface area contributed by atoms with E-state index in [1.165, 1.54) is 0 Å². The molecule has 1 aromatic carbocycles. The smallest absolute Gasteiger partial charge is 0.244 e. The van der Waals surface area contributed by atoms with Gasteiger partial charge in [-0.3, -0.25) is 9.59 Å². The molecule has 5 nitrogen and oxygen atoms in total. The molecule has 19 heavy (non-hydrogen) atoms. The van der Waals surface area contributed by atoms with Gasteiger partial charge in [0.15, 0.2) is 0 Å². The number of nitrogens with one attached hydrogen (secondary N) is 1. The van der Waals surface area contributed by atoms with Crippen LogP contribution in [0.1, 0.15) is 17.5 Å². The first-order valence-corrected chi connectivity index (χ1v) is 6.42. The molecular weight excluding hydrogens is 242 g/mol. The lowest BCUT2D eigenvalue weighted by atomic mass is 10.1. The number of rotatable bonds is 4. The molecule has 0 aromatic heterocycles. The van der Waals surface area contributed by atoms with Gasteiger partial charge in [-0.2, -0.15) is 0 Å². The molecule has 5 heteroatoms. The summed E-state index contributed by atoms with van der Waals surface area (Å²) in [6.07, 6.45) is 0.978. The van der Waals surface area contributed by atoms with Crippen molar-refractivity contribution in [2.24, 2.45) is 5.73 Å². The van der Waals surface area contributed by atoms with Crippen LogP contribution in [0.2, 0.25) is 0 Å². The van der Waals surface area contributed by atoms with Crippen LogP contribution in [-0.2, 0) is 22.6 Å². The summed E-state index contributed by atoms with van der Waals surface area (Å²) in [7, 11) is 1.75. The Hall–Kier alpha value is -1.88. The lowest BCUT2D eigenvalue weighted by Crippen LogP contribution is -2.41. The van der Waals surface area contributed by atoms with E-state index < -0.39 is 0 Å². The highest BCUT2D eigenvalue weighted by atomic mass is 16.2. The van der Waals surface area contributed by atoms with Crippen molar-refractivity contribution < 1.29 is 9.59 Å². The number of amides is 2. The number of hydrogen-bond acceptors (Lipinski definition) is 3. The molecule has 2 amide bonds. The zero-order valence-corrected chi connectivity index (χ0v) is 11.1. The summed E-state index contributed by atoms with van der Waals surface area (Å²) in [5.41, 5.74) is 7.48. The molecule has 102 valence electrons. The van der Waals surface area contributed by atoms with Gasteiger partial charge in [-0.15, -0.1) is 0 Å². The number of nitrogens with two attached hydrogens (primary N) is 1. The van der Waals surface area contributed by atoms with E-state index >= 15 is 0 Å². The van der Waals surface area contributed by atoms with E-state index in [0.29, 0.717) is 25.9 Å². The first kappa shape index (κ1) is 13.5. The molecule has 0 saturated carbocycles. The molecule has 1 saturated heterocycles. The molecule has 3 N–H and O–H groups in total. The Morgan fingerprint density at radius 2 is 2.00 bits per heavy atom. The van der Waals surface area contributed by atoms with Gasteiger partial charge in [0.2, 0.25) is 11.8 Å². The van der Waals surface area contributed by atoms with Gasteiger partial charge in [-0.05, 0) is 17.5 Å². The van der Waals surface area contributed by atoms with Crippen LogP contribution in [0, 0.1) is 0 Å². The predicted octanol–water partition coefficient (Wildman–Crippen LogP) is 0.0347. The third kappa shape index (κ3) is 3.32. The molecule has 2 rings (SSSR count). The topological polar surface area (TPSA) is 75.4 Å². The van der Waals surface area contributed by atoms with Crippen LogP contribution >= 0.6 is 0 Å². The minimum atomic E-state index is -0.360. The standard InChI is InChI=1S/C14H19N3O2/c1-17-7-6-12(14(17)19)16-13(18)8-10-2-4-11(9-15)5-3-10/h2-5,12H,6-9,15H2,1H3,(H,16,18). The Morgan fingerprint density at radius 3 is 2.53 bits per heavy atom. The molecule has 1 heterocycles. The van der Waals surface area contributed by atoms with Crippen LogP contribution in [0.25, 0.3) is 0 Å². The summed E-state index contributed by atoms with van der Waals surface area (Å²) in [6, 6.07) is 7.25. The summed E-state index contributed by atoms with van der Waals surface area (Å²) < 4.78 is 0. The van der Waals surface area contributed by atoms with Gasteiger partial charge in [-0.1, -0.05) is 24.3 Å². The van der Waals surface area contributed by atoms with Crippen molar-refractivity contribution in [3.63, 3.8) is 0 Å². The first-order chi connectivity index (χ1) is 9.10. The minimum Gasteiger partial charge on any atom is -0.344 e. The van der Waals surface area contributed by atoms with E-state index in [0.717, 1.165) is 11.1 Å². The average Bonchev–Trinajstić information content (AvgIpc) is 2.71. The molecule has 1 atom stereocenters. The highest BCUT2D eigenvalue weighted by Crippen LogP contribution is 2.09. The van der Waals surface area contributed by atoms with Crippen molar-refractivity contribution in [2.45, 2.75) is 25.4 Å². The van der Waals surface area contributed by atoms with Gasteiger partial charge >= 0.3 is 0 Å². The molecule has 0 bridgehead atoms. The van der Waals surface area contributed by atoms with E-state index in [1.807, 2.05) is 24.3 Å². The quantitative estimate of drug-likeness (QED) is 0.803. The van der Waals surface area contributed by atoms with Crippen LogP contribution in [0.3, 0.4) is 0 Å². The van der Waals surface area contributed by atoms with Gasteiger partial charge in [-0.25, -0.2) is 0 Å². The van der Waals surface area contributed by atoms with Gasteiger partial charge in [0, 0.05) is 20.1 Å². The van der Waals surface area contributed by atoms with Crippen LogP contribution in [0.5, 0.6) is 0 Å². The Balaban J connectivity index is 1.88. The molecular formula is C14H19N3O2. The van der Waals surface area contributed by atoms with Crippen LogP contribution in [-0.4, -0.2) is 36.3 Å². The normalized spacial score (nSPS) is 18.7. The Morgan fingerprint density at radius 1 is 1.37 bits per heavy atom. The summed E-state index contributed by atoms with van der Waals surface area (Å²) in [4.78, 5) is 25.2. The maximum Gasteiger partial charge on any atom is 0.244 e. The minimum absolute atomic E-state index is 0.00757. The molecule has 1 fully saturated rings. The number of carbonyl (C=O) groups excluding carboxylic acids is 2. The molecule has 1 unspecified atom stereocenters. The van der Waals surface area contributed by atoms with Crippen molar-refractivity contribution in [1.82, 2.24) is 10.2 Å². The fourth-order valence-electron chi connectivity index (χ4n) is 2.18. The summed E-state index contributed by atoms with van der Waals surface area (Å²) in [5.74, 6) is -0.124. The van der Waals surface area contributed by atoms with E-state index in [1.54, 1.807) is 11.9 Å². The first-order valence-electron chi connectivity index (χ1n) is 6.42. The molecule has 1 aliphatic rings. The highest BCUT2D eigenvalue weighted by molar-refractivity contribution is 5.89. The molecule has 0 radical (unpaired) electrons. The van der Waals surface area contributed by atoms with Gasteiger partial charge < -0.3 is 16.0 Å². The number of benzene rings is 1. The number of hydrogen-bond donors (Lipinski definition) is 2. The fraction of sp³-hybridized carbons (Fsp3) is 0.429. The summed E-state index contributed by atoms with van der Waals surface area (Å²) in [6.45, 7) is 1.20. The lowest BCUT2D eigenvalue weighted by Gasteiger charge is -2.12. The molecule has 0 aliphatic carbocycles. The summed E-state index contributed by atoms with van der Waals surface area (Å²) >= 11 is 0. The van der Waals surface area contributed by atoms with E-state index in [-0.39, 0.29) is 17.9 Å². The number of likely N-dealkylation sites (tertiary alicyclic amines) is 1. The average molecular weight is 261 g/mol. The maximum absolute atomic E-state index is 11.9. The monoisotopic (exact) mass is 261 g/mol. The number of nitrogens with zero attached hydrogens (tertiary/aromatic N) is 1. The van der Waals surface area contributed by atoms with Crippen LogP contribution < -0.4 is 11.1 Å².